The zero-order valence-electron chi connectivity index (χ0n) is 19.0. The summed E-state index contributed by atoms with van der Waals surface area (Å²) in [6.07, 6.45) is 9.10. The lowest BCUT2D eigenvalue weighted by atomic mass is 9.98. The van der Waals surface area contributed by atoms with Gasteiger partial charge in [0.1, 0.15) is 22.5 Å². The highest BCUT2D eigenvalue weighted by atomic mass is 32.2. The lowest BCUT2D eigenvalue weighted by Gasteiger charge is -2.11. The van der Waals surface area contributed by atoms with Gasteiger partial charge in [0.15, 0.2) is 5.82 Å². The number of anilines is 1. The Hall–Kier alpha value is -4.19. The molecule has 0 radical (unpaired) electrons. The van der Waals surface area contributed by atoms with Gasteiger partial charge in [0.05, 0.1) is 17.2 Å². The van der Waals surface area contributed by atoms with E-state index in [0.717, 1.165) is 18.3 Å². The van der Waals surface area contributed by atoms with Crippen LogP contribution in [0.3, 0.4) is 0 Å². The number of pyridine rings is 1. The van der Waals surface area contributed by atoms with Crippen LogP contribution in [0.1, 0.15) is 40.7 Å². The van der Waals surface area contributed by atoms with E-state index in [1.54, 1.807) is 12.1 Å². The molecule has 0 spiro atoms. The molecule has 9 nitrogen and oxygen atoms in total. The number of aliphatic imine (C=N–C) groups is 1. The number of nitrogens with zero attached hydrogens (tertiary/aromatic N) is 4. The van der Waals surface area contributed by atoms with Crippen molar-refractivity contribution in [1.29, 1.82) is 5.41 Å². The van der Waals surface area contributed by atoms with Gasteiger partial charge in [0.2, 0.25) is 11.7 Å². The predicted octanol–water partition coefficient (Wildman–Crippen LogP) is 4.48. The molecule has 0 saturated heterocycles. The number of benzene rings is 1. The number of carbonyl (C=O) groups is 1. The number of aromatic nitrogens is 4. The number of fused-ring (bicyclic) bond motifs is 1. The lowest BCUT2D eigenvalue weighted by molar-refractivity contribution is 0.103. The van der Waals surface area contributed by atoms with Crippen molar-refractivity contribution in [2.75, 3.05) is 10.5 Å². The maximum atomic E-state index is 15.2. The summed E-state index contributed by atoms with van der Waals surface area (Å²) < 4.78 is 44.3. The molecule has 0 aliphatic heterocycles. The van der Waals surface area contributed by atoms with E-state index in [0.29, 0.717) is 23.0 Å². The number of ketones is 1. The fourth-order valence-corrected chi connectivity index (χ4v) is 4.33. The Balaban J connectivity index is 1.70. The zero-order chi connectivity index (χ0) is 25.7. The van der Waals surface area contributed by atoms with Gasteiger partial charge in [-0.1, -0.05) is 6.92 Å². The highest BCUT2D eigenvalue weighted by Crippen LogP contribution is 2.28. The minimum Gasteiger partial charge on any atom is -0.345 e. The number of hydrogen-bond acceptors (Lipinski definition) is 7. The van der Waals surface area contributed by atoms with Gasteiger partial charge in [-0.05, 0) is 36.2 Å². The molecule has 2 atom stereocenters. The van der Waals surface area contributed by atoms with Crippen LogP contribution in [-0.2, 0) is 11.0 Å². The monoisotopic (exact) mass is 509 g/mol. The third kappa shape index (κ3) is 5.23. The van der Waals surface area contributed by atoms with E-state index < -0.39 is 39.9 Å². The Morgan fingerprint density at radius 3 is 2.78 bits per heavy atom. The first-order chi connectivity index (χ1) is 17.4. The first-order valence-corrected chi connectivity index (χ1v) is 12.2. The average Bonchev–Trinajstić information content (AvgIpc) is 3.30. The molecule has 3 N–H and O–H groups in total. The van der Waals surface area contributed by atoms with Gasteiger partial charge < -0.3 is 15.1 Å². The second kappa shape index (κ2) is 11.0. The maximum Gasteiger partial charge on any atom is 0.248 e. The SMILES string of the molecule is CCCS(=O)Nc1ccc(F)c(C(=O)c2c[nH]c3ncc(C(C=N)C=Nc4ncccn4)cc23)c1F. The molecular formula is C24H21F2N7O2S. The number of aromatic amines is 1. The maximum absolute atomic E-state index is 15.2. The standard InChI is InChI=1S/C24H21F2N7O2S/c1-2-8-36(35)33-19-5-4-18(25)20(21(19)26)22(34)17-13-31-23-16(17)9-14(11-30-23)15(10-27)12-32-24-28-6-3-7-29-24/h3-7,9-13,15,27,33H,2,8H2,1H3,(H,30,31). The molecular weight excluding hydrogens is 488 g/mol. The van der Waals surface area contributed by atoms with Crippen molar-refractivity contribution < 1.29 is 17.8 Å². The Morgan fingerprint density at radius 2 is 2.06 bits per heavy atom. The molecule has 4 aromatic rings. The van der Waals surface area contributed by atoms with Crippen molar-refractivity contribution in [3.05, 3.63) is 77.4 Å². The quantitative estimate of drug-likeness (QED) is 0.214. The first kappa shape index (κ1) is 24.9. The highest BCUT2D eigenvalue weighted by molar-refractivity contribution is 7.86. The van der Waals surface area contributed by atoms with Crippen LogP contribution in [0.5, 0.6) is 0 Å². The fraction of sp³-hybridized carbons (Fsp3) is 0.167. The van der Waals surface area contributed by atoms with Crippen LogP contribution in [0, 0.1) is 17.0 Å². The summed E-state index contributed by atoms with van der Waals surface area (Å²) in [5.74, 6) is -3.21. The molecule has 36 heavy (non-hydrogen) atoms. The Bertz CT molecular complexity index is 1470. The molecule has 2 unspecified atom stereocenters. The highest BCUT2D eigenvalue weighted by Gasteiger charge is 2.25. The summed E-state index contributed by atoms with van der Waals surface area (Å²) >= 11 is 0. The van der Waals surface area contributed by atoms with Crippen LogP contribution in [0.25, 0.3) is 11.0 Å². The summed E-state index contributed by atoms with van der Waals surface area (Å²) in [5.41, 5.74) is -0.152. The number of nitrogens with one attached hydrogen (secondary N) is 3. The van der Waals surface area contributed by atoms with Gasteiger partial charge in [0, 0.05) is 53.9 Å². The van der Waals surface area contributed by atoms with Gasteiger partial charge in [-0.2, -0.15) is 0 Å². The molecule has 0 bridgehead atoms. The van der Waals surface area contributed by atoms with Crippen molar-refractivity contribution in [1.82, 2.24) is 19.9 Å². The molecule has 0 fully saturated rings. The molecule has 0 saturated carbocycles. The van der Waals surface area contributed by atoms with Gasteiger partial charge in [-0.15, -0.1) is 0 Å². The molecule has 3 heterocycles. The number of H-pyrrole nitrogens is 1. The summed E-state index contributed by atoms with van der Waals surface area (Å²) in [7, 11) is -1.58. The third-order valence-electron chi connectivity index (χ3n) is 5.20. The van der Waals surface area contributed by atoms with Crippen LogP contribution in [-0.4, -0.2) is 48.1 Å². The van der Waals surface area contributed by atoms with Gasteiger partial charge >= 0.3 is 0 Å². The number of rotatable bonds is 10. The van der Waals surface area contributed by atoms with E-state index in [4.69, 9.17) is 5.41 Å². The van der Waals surface area contributed by atoms with Gasteiger partial charge in [-0.25, -0.2) is 32.9 Å². The largest absolute Gasteiger partial charge is 0.345 e. The van der Waals surface area contributed by atoms with Crippen LogP contribution in [0.2, 0.25) is 0 Å². The third-order valence-corrected chi connectivity index (χ3v) is 6.42. The van der Waals surface area contributed by atoms with Crippen LogP contribution < -0.4 is 4.72 Å². The molecule has 12 heteroatoms. The Kier molecular flexibility index (Phi) is 7.64. The zero-order valence-corrected chi connectivity index (χ0v) is 19.9. The first-order valence-electron chi connectivity index (χ1n) is 10.9. The summed E-state index contributed by atoms with van der Waals surface area (Å²) in [5, 5.41) is 8.10. The topological polar surface area (TPSA) is 137 Å². The lowest BCUT2D eigenvalue weighted by Crippen LogP contribution is -2.13. The molecule has 0 aliphatic carbocycles. The van der Waals surface area contributed by atoms with E-state index in [1.807, 2.05) is 6.92 Å². The predicted molar refractivity (Wildman–Crippen MR) is 135 cm³/mol. The van der Waals surface area contributed by atoms with E-state index in [-0.39, 0.29) is 23.0 Å². The van der Waals surface area contributed by atoms with Crippen LogP contribution >= 0.6 is 0 Å². The molecule has 0 amide bonds. The minimum atomic E-state index is -1.58. The fourth-order valence-electron chi connectivity index (χ4n) is 3.45. The number of hydrogen-bond donors (Lipinski definition) is 3. The van der Waals surface area contributed by atoms with Gasteiger partial charge in [-0.3, -0.25) is 4.79 Å². The molecule has 184 valence electrons. The van der Waals surface area contributed by atoms with Crippen molar-refractivity contribution in [3.8, 4) is 0 Å². The molecule has 0 aliphatic rings. The van der Waals surface area contributed by atoms with Crippen LogP contribution in [0.4, 0.5) is 20.4 Å². The molecule has 1 aromatic carbocycles. The van der Waals surface area contributed by atoms with Gasteiger partial charge in [0.25, 0.3) is 0 Å². The number of carbonyl (C=O) groups excluding carboxylic acids is 1. The number of halogens is 2. The molecule has 4 rings (SSSR count). The van der Waals surface area contributed by atoms with Crippen molar-refractivity contribution >= 4 is 51.9 Å². The smallest absolute Gasteiger partial charge is 0.248 e. The minimum absolute atomic E-state index is 0.00366. The Labute approximate surface area is 207 Å². The van der Waals surface area contributed by atoms with E-state index in [1.165, 1.54) is 31.0 Å². The summed E-state index contributed by atoms with van der Waals surface area (Å²) in [4.78, 5) is 32.5. The average molecular weight is 510 g/mol. The van der Waals surface area contributed by atoms with Crippen LogP contribution in [0.15, 0.2) is 54.0 Å². The second-order valence-corrected chi connectivity index (χ2v) is 8.95. The molecule has 3 aromatic heterocycles. The second-order valence-electron chi connectivity index (χ2n) is 7.65. The summed E-state index contributed by atoms with van der Waals surface area (Å²) in [6, 6.07) is 5.31. The normalized spacial score (nSPS) is 13.1. The summed E-state index contributed by atoms with van der Waals surface area (Å²) in [6.45, 7) is 1.82. The van der Waals surface area contributed by atoms with E-state index in [9.17, 15) is 13.4 Å². The van der Waals surface area contributed by atoms with E-state index >= 15 is 4.39 Å². The van der Waals surface area contributed by atoms with Crippen molar-refractivity contribution in [3.63, 3.8) is 0 Å². The Morgan fingerprint density at radius 1 is 1.28 bits per heavy atom. The van der Waals surface area contributed by atoms with E-state index in [2.05, 4.69) is 29.7 Å². The van der Waals surface area contributed by atoms with Crippen molar-refractivity contribution in [2.45, 2.75) is 19.3 Å². The van der Waals surface area contributed by atoms with Crippen molar-refractivity contribution in [2.24, 2.45) is 4.99 Å².